The first-order valence-electron chi connectivity index (χ1n) is 6.73. The molecule has 1 aliphatic heterocycles. The largest absolute Gasteiger partial charge is 0.481 e. The Kier molecular flexibility index (Phi) is 4.81. The van der Waals surface area contributed by atoms with E-state index in [-0.39, 0.29) is 11.8 Å². The van der Waals surface area contributed by atoms with Crippen molar-refractivity contribution >= 4 is 27.8 Å². The second kappa shape index (κ2) is 6.39. The number of halogens is 1. The summed E-state index contributed by atoms with van der Waals surface area (Å²) in [5, 5.41) is 8.95. The number of amides is 1. The fourth-order valence-corrected chi connectivity index (χ4v) is 2.83. The van der Waals surface area contributed by atoms with Crippen LogP contribution in [-0.4, -0.2) is 35.0 Å². The number of hydrogen-bond donors (Lipinski definition) is 1. The van der Waals surface area contributed by atoms with Gasteiger partial charge in [-0.1, -0.05) is 28.1 Å². The summed E-state index contributed by atoms with van der Waals surface area (Å²) in [6.45, 7) is 3.10. The van der Waals surface area contributed by atoms with E-state index in [1.807, 2.05) is 25.1 Å². The van der Waals surface area contributed by atoms with Crippen molar-refractivity contribution in [3.8, 4) is 0 Å². The Morgan fingerprint density at radius 1 is 1.35 bits per heavy atom. The highest BCUT2D eigenvalue weighted by molar-refractivity contribution is 9.10. The lowest BCUT2D eigenvalue weighted by Gasteiger charge is -2.30. The van der Waals surface area contributed by atoms with Gasteiger partial charge in [0.05, 0.1) is 12.3 Å². The second-order valence-corrected chi connectivity index (χ2v) is 6.11. The van der Waals surface area contributed by atoms with Crippen LogP contribution in [0.3, 0.4) is 0 Å². The number of benzene rings is 1. The topological polar surface area (TPSA) is 57.6 Å². The highest BCUT2D eigenvalue weighted by Crippen LogP contribution is 2.20. The van der Waals surface area contributed by atoms with Crippen LogP contribution >= 0.6 is 15.9 Å². The van der Waals surface area contributed by atoms with Crippen molar-refractivity contribution in [3.63, 3.8) is 0 Å². The predicted molar refractivity (Wildman–Crippen MR) is 79.5 cm³/mol. The molecule has 108 valence electrons. The molecule has 4 nitrogen and oxygen atoms in total. The van der Waals surface area contributed by atoms with Gasteiger partial charge in [-0.05, 0) is 37.0 Å². The molecule has 0 spiro atoms. The molecule has 0 radical (unpaired) electrons. The molecule has 0 bridgehead atoms. The summed E-state index contributed by atoms with van der Waals surface area (Å²) >= 11 is 3.47. The molecule has 0 aromatic heterocycles. The minimum atomic E-state index is -0.750. The van der Waals surface area contributed by atoms with E-state index >= 15 is 0 Å². The van der Waals surface area contributed by atoms with Crippen molar-refractivity contribution in [2.45, 2.75) is 26.2 Å². The zero-order valence-corrected chi connectivity index (χ0v) is 13.0. The number of aryl methyl sites for hydroxylation is 1. The number of carbonyl (C=O) groups is 2. The lowest BCUT2D eigenvalue weighted by molar-refractivity contribution is -0.145. The van der Waals surface area contributed by atoms with Crippen LogP contribution in [0.4, 0.5) is 0 Å². The van der Waals surface area contributed by atoms with Crippen LogP contribution in [0.1, 0.15) is 24.0 Å². The van der Waals surface area contributed by atoms with Gasteiger partial charge in [0, 0.05) is 17.6 Å². The molecule has 5 heteroatoms. The Balaban J connectivity index is 1.92. The maximum absolute atomic E-state index is 12.2. The van der Waals surface area contributed by atoms with Crippen LogP contribution in [0.15, 0.2) is 22.7 Å². The van der Waals surface area contributed by atoms with Gasteiger partial charge in [0.1, 0.15) is 0 Å². The normalized spacial score (nSPS) is 16.2. The van der Waals surface area contributed by atoms with Gasteiger partial charge in [-0.25, -0.2) is 0 Å². The van der Waals surface area contributed by atoms with Crippen LogP contribution in [0.25, 0.3) is 0 Å². The van der Waals surface area contributed by atoms with Crippen LogP contribution in [0, 0.1) is 12.8 Å². The van der Waals surface area contributed by atoms with Crippen molar-refractivity contribution in [2.24, 2.45) is 5.92 Å². The number of nitrogens with zero attached hydrogens (tertiary/aromatic N) is 1. The number of carboxylic acid groups (broad SMARTS) is 1. The maximum Gasteiger partial charge on any atom is 0.306 e. The fourth-order valence-electron chi connectivity index (χ4n) is 2.41. The molecule has 1 heterocycles. The zero-order valence-electron chi connectivity index (χ0n) is 11.4. The molecule has 1 aromatic rings. The van der Waals surface area contributed by atoms with Gasteiger partial charge in [-0.3, -0.25) is 9.59 Å². The molecular weight excluding hydrogens is 322 g/mol. The number of carbonyl (C=O) groups excluding carboxylic acids is 1. The van der Waals surface area contributed by atoms with Gasteiger partial charge in [-0.15, -0.1) is 0 Å². The molecule has 1 saturated heterocycles. The molecule has 0 saturated carbocycles. The van der Waals surface area contributed by atoms with E-state index in [0.29, 0.717) is 32.4 Å². The molecule has 1 amide bonds. The average molecular weight is 340 g/mol. The average Bonchev–Trinajstić information content (AvgIpc) is 2.43. The molecule has 0 atom stereocenters. The molecule has 2 rings (SSSR count). The highest BCUT2D eigenvalue weighted by atomic mass is 79.9. The lowest BCUT2D eigenvalue weighted by atomic mass is 9.96. The van der Waals surface area contributed by atoms with E-state index in [1.165, 1.54) is 0 Å². The molecule has 1 fully saturated rings. The molecule has 0 aliphatic carbocycles. The first kappa shape index (κ1) is 15.0. The number of likely N-dealkylation sites (tertiary alicyclic amines) is 1. The zero-order chi connectivity index (χ0) is 14.7. The summed E-state index contributed by atoms with van der Waals surface area (Å²) in [6.07, 6.45) is 1.48. The Bertz CT molecular complexity index is 522. The first-order valence-corrected chi connectivity index (χ1v) is 7.52. The maximum atomic E-state index is 12.2. The number of piperidine rings is 1. The molecule has 1 aromatic carbocycles. The standard InChI is InChI=1S/C15H18BrNO3/c1-10-2-3-11(8-13(10)16)9-14(18)17-6-4-12(5-7-17)15(19)20/h2-3,8,12H,4-7,9H2,1H3,(H,19,20). The van der Waals surface area contributed by atoms with Crippen molar-refractivity contribution < 1.29 is 14.7 Å². The second-order valence-electron chi connectivity index (χ2n) is 5.25. The van der Waals surface area contributed by atoms with Crippen LogP contribution in [0.5, 0.6) is 0 Å². The van der Waals surface area contributed by atoms with Crippen LogP contribution < -0.4 is 0 Å². The smallest absolute Gasteiger partial charge is 0.306 e. The fraction of sp³-hybridized carbons (Fsp3) is 0.467. The third-order valence-electron chi connectivity index (χ3n) is 3.79. The minimum Gasteiger partial charge on any atom is -0.481 e. The third kappa shape index (κ3) is 3.60. The number of aliphatic carboxylic acids is 1. The van der Waals surface area contributed by atoms with Crippen molar-refractivity contribution in [1.82, 2.24) is 4.90 Å². The number of carboxylic acids is 1. The van der Waals surface area contributed by atoms with E-state index in [2.05, 4.69) is 15.9 Å². The Morgan fingerprint density at radius 2 is 2.00 bits per heavy atom. The van der Waals surface area contributed by atoms with E-state index in [9.17, 15) is 9.59 Å². The summed E-state index contributed by atoms with van der Waals surface area (Å²) < 4.78 is 1.01. The van der Waals surface area contributed by atoms with Crippen LogP contribution in [0.2, 0.25) is 0 Å². The van der Waals surface area contributed by atoms with Gasteiger partial charge in [-0.2, -0.15) is 0 Å². The third-order valence-corrected chi connectivity index (χ3v) is 4.64. The summed E-state index contributed by atoms with van der Waals surface area (Å²) in [6, 6.07) is 5.92. The molecular formula is C15H18BrNO3. The molecule has 1 aliphatic rings. The Labute approximate surface area is 126 Å². The summed E-state index contributed by atoms with van der Waals surface area (Å²) in [5.74, 6) is -0.975. The SMILES string of the molecule is Cc1ccc(CC(=O)N2CCC(C(=O)O)CC2)cc1Br. The molecule has 20 heavy (non-hydrogen) atoms. The predicted octanol–water partition coefficient (Wildman–Crippen LogP) is 2.62. The van der Waals surface area contributed by atoms with Gasteiger partial charge >= 0.3 is 5.97 Å². The van der Waals surface area contributed by atoms with Gasteiger partial charge in [0.15, 0.2) is 0 Å². The van der Waals surface area contributed by atoms with Gasteiger partial charge in [0.2, 0.25) is 5.91 Å². The van der Waals surface area contributed by atoms with E-state index in [4.69, 9.17) is 5.11 Å². The van der Waals surface area contributed by atoms with Crippen molar-refractivity contribution in [1.29, 1.82) is 0 Å². The first-order chi connectivity index (χ1) is 9.47. The number of hydrogen-bond acceptors (Lipinski definition) is 2. The van der Waals surface area contributed by atoms with Gasteiger partial charge in [0.25, 0.3) is 0 Å². The molecule has 1 N–H and O–H groups in total. The Hall–Kier alpha value is -1.36. The van der Waals surface area contributed by atoms with Crippen LogP contribution in [-0.2, 0) is 16.0 Å². The van der Waals surface area contributed by atoms with E-state index < -0.39 is 5.97 Å². The van der Waals surface area contributed by atoms with E-state index in [1.54, 1.807) is 4.90 Å². The minimum absolute atomic E-state index is 0.0737. The van der Waals surface area contributed by atoms with Gasteiger partial charge < -0.3 is 10.0 Å². The van der Waals surface area contributed by atoms with Crippen molar-refractivity contribution in [3.05, 3.63) is 33.8 Å². The highest BCUT2D eigenvalue weighted by Gasteiger charge is 2.26. The monoisotopic (exact) mass is 339 g/mol. The van der Waals surface area contributed by atoms with E-state index in [0.717, 1.165) is 15.6 Å². The summed E-state index contributed by atoms with van der Waals surface area (Å²) in [5.41, 5.74) is 2.12. The van der Waals surface area contributed by atoms with Crippen molar-refractivity contribution in [2.75, 3.05) is 13.1 Å². The Morgan fingerprint density at radius 3 is 2.55 bits per heavy atom. The molecule has 0 unspecified atom stereocenters. The number of rotatable bonds is 3. The lowest BCUT2D eigenvalue weighted by Crippen LogP contribution is -2.40. The summed E-state index contributed by atoms with van der Waals surface area (Å²) in [4.78, 5) is 24.9. The quantitative estimate of drug-likeness (QED) is 0.920. The summed E-state index contributed by atoms with van der Waals surface area (Å²) in [7, 11) is 0.